The van der Waals surface area contributed by atoms with E-state index in [0.29, 0.717) is 18.2 Å². The number of aromatic nitrogens is 4. The molecule has 2 aromatic rings. The maximum atomic E-state index is 12.4. The minimum Gasteiger partial charge on any atom is -0.370 e. The topological polar surface area (TPSA) is 104 Å². The molecule has 2 aromatic heterocycles. The lowest BCUT2D eigenvalue weighted by Crippen LogP contribution is -2.27. The van der Waals surface area contributed by atoms with Crippen LogP contribution in [0.3, 0.4) is 0 Å². The van der Waals surface area contributed by atoms with Crippen LogP contribution in [0.25, 0.3) is 0 Å². The lowest BCUT2D eigenvalue weighted by Gasteiger charge is -2.16. The second kappa shape index (κ2) is 5.97. The SMILES string of the molecule is CCNc1cc(S(=O)(=O)N(C)Cc2ncn[nH]2)ccn1. The average Bonchev–Trinajstić information content (AvgIpc) is 2.92. The molecule has 0 radical (unpaired) electrons. The van der Waals surface area contributed by atoms with E-state index in [9.17, 15) is 8.42 Å². The van der Waals surface area contributed by atoms with Gasteiger partial charge in [-0.2, -0.15) is 9.40 Å². The Balaban J connectivity index is 2.22. The molecular weight excluding hydrogens is 280 g/mol. The molecule has 0 aliphatic carbocycles. The lowest BCUT2D eigenvalue weighted by atomic mass is 10.4. The average molecular weight is 296 g/mol. The van der Waals surface area contributed by atoms with Crippen molar-refractivity contribution in [2.24, 2.45) is 0 Å². The van der Waals surface area contributed by atoms with E-state index in [1.54, 1.807) is 0 Å². The molecule has 0 aliphatic heterocycles. The molecule has 9 heteroatoms. The molecule has 2 heterocycles. The summed E-state index contributed by atoms with van der Waals surface area (Å²) in [5.74, 6) is 1.01. The number of nitrogens with zero attached hydrogens (tertiary/aromatic N) is 4. The minimum atomic E-state index is -3.59. The van der Waals surface area contributed by atoms with Gasteiger partial charge in [0, 0.05) is 25.9 Å². The molecule has 0 bridgehead atoms. The summed E-state index contributed by atoms with van der Waals surface area (Å²) in [5, 5.41) is 9.30. The van der Waals surface area contributed by atoms with Gasteiger partial charge < -0.3 is 5.32 Å². The van der Waals surface area contributed by atoms with Crippen molar-refractivity contribution in [2.75, 3.05) is 18.9 Å². The Morgan fingerprint density at radius 1 is 1.40 bits per heavy atom. The Hall–Kier alpha value is -2.00. The highest BCUT2D eigenvalue weighted by Crippen LogP contribution is 2.17. The van der Waals surface area contributed by atoms with E-state index in [0.717, 1.165) is 0 Å². The van der Waals surface area contributed by atoms with Gasteiger partial charge in [-0.15, -0.1) is 0 Å². The van der Waals surface area contributed by atoms with Gasteiger partial charge in [-0.3, -0.25) is 5.10 Å². The Labute approximate surface area is 117 Å². The van der Waals surface area contributed by atoms with Crippen LogP contribution in [0.1, 0.15) is 12.7 Å². The first-order valence-electron chi connectivity index (χ1n) is 6.04. The van der Waals surface area contributed by atoms with Gasteiger partial charge in [0.25, 0.3) is 0 Å². The molecule has 0 spiro atoms. The van der Waals surface area contributed by atoms with Crippen molar-refractivity contribution in [1.29, 1.82) is 0 Å². The van der Waals surface area contributed by atoms with Crippen LogP contribution in [0.2, 0.25) is 0 Å². The standard InChI is InChI=1S/C11H16N6O2S/c1-3-12-10-6-9(4-5-13-10)20(18,19)17(2)7-11-14-8-15-16-11/h4-6,8H,3,7H2,1-2H3,(H,12,13)(H,14,15,16). The number of nitrogens with one attached hydrogen (secondary N) is 2. The summed E-state index contributed by atoms with van der Waals surface area (Å²) in [6, 6.07) is 2.97. The number of aromatic amines is 1. The van der Waals surface area contributed by atoms with Crippen LogP contribution < -0.4 is 5.32 Å². The summed E-state index contributed by atoms with van der Waals surface area (Å²) >= 11 is 0. The molecule has 0 aliphatic rings. The van der Waals surface area contributed by atoms with Gasteiger partial charge in [0.15, 0.2) is 0 Å². The van der Waals surface area contributed by atoms with Gasteiger partial charge in [-0.05, 0) is 13.0 Å². The number of rotatable bonds is 6. The first-order valence-corrected chi connectivity index (χ1v) is 7.48. The second-order valence-corrected chi connectivity index (χ2v) is 6.15. The van der Waals surface area contributed by atoms with Gasteiger partial charge in [-0.1, -0.05) is 0 Å². The fourth-order valence-electron chi connectivity index (χ4n) is 1.63. The normalized spacial score (nSPS) is 11.8. The first kappa shape index (κ1) is 14.4. The highest BCUT2D eigenvalue weighted by atomic mass is 32.2. The maximum Gasteiger partial charge on any atom is 0.243 e. The number of pyridine rings is 1. The summed E-state index contributed by atoms with van der Waals surface area (Å²) in [6.45, 7) is 2.71. The predicted octanol–water partition coefficient (Wildman–Crippen LogP) is 0.452. The van der Waals surface area contributed by atoms with Gasteiger partial charge in [0.1, 0.15) is 18.0 Å². The third kappa shape index (κ3) is 3.11. The Bertz CT molecular complexity index is 655. The van der Waals surface area contributed by atoms with Crippen LogP contribution >= 0.6 is 0 Å². The largest absolute Gasteiger partial charge is 0.370 e. The number of hydrogen-bond donors (Lipinski definition) is 2. The van der Waals surface area contributed by atoms with Crippen molar-refractivity contribution in [3.63, 3.8) is 0 Å². The molecule has 2 rings (SSSR count). The van der Waals surface area contributed by atoms with Crippen molar-refractivity contribution in [3.05, 3.63) is 30.5 Å². The van der Waals surface area contributed by atoms with Crippen LogP contribution in [0.4, 0.5) is 5.82 Å². The van der Waals surface area contributed by atoms with E-state index in [-0.39, 0.29) is 11.4 Å². The fraction of sp³-hybridized carbons (Fsp3) is 0.364. The van der Waals surface area contributed by atoms with Crippen LogP contribution in [-0.2, 0) is 16.6 Å². The molecule has 0 aromatic carbocycles. The van der Waals surface area contributed by atoms with Gasteiger partial charge in [0.2, 0.25) is 10.0 Å². The quantitative estimate of drug-likeness (QED) is 0.802. The van der Waals surface area contributed by atoms with Crippen molar-refractivity contribution in [1.82, 2.24) is 24.5 Å². The minimum absolute atomic E-state index is 0.126. The van der Waals surface area contributed by atoms with Crippen LogP contribution in [0.15, 0.2) is 29.6 Å². The summed E-state index contributed by atoms with van der Waals surface area (Å²) in [6.07, 6.45) is 2.80. The molecule has 2 N–H and O–H groups in total. The molecule has 0 unspecified atom stereocenters. The van der Waals surface area contributed by atoms with E-state index in [2.05, 4.69) is 25.5 Å². The van der Waals surface area contributed by atoms with Crippen LogP contribution in [0.5, 0.6) is 0 Å². The monoisotopic (exact) mass is 296 g/mol. The van der Waals surface area contributed by atoms with Crippen LogP contribution in [-0.4, -0.2) is 46.5 Å². The molecular formula is C11H16N6O2S. The van der Waals surface area contributed by atoms with Crippen molar-refractivity contribution in [2.45, 2.75) is 18.4 Å². The zero-order chi connectivity index (χ0) is 14.6. The molecule has 108 valence electrons. The van der Waals surface area contributed by atoms with E-state index in [1.807, 2.05) is 6.92 Å². The van der Waals surface area contributed by atoms with Crippen molar-refractivity contribution < 1.29 is 8.42 Å². The number of anilines is 1. The molecule has 0 atom stereocenters. The molecule has 0 saturated heterocycles. The van der Waals surface area contributed by atoms with Crippen molar-refractivity contribution >= 4 is 15.8 Å². The fourth-order valence-corrected chi connectivity index (χ4v) is 2.78. The third-order valence-corrected chi connectivity index (χ3v) is 4.43. The Kier molecular flexibility index (Phi) is 4.30. The zero-order valence-electron chi connectivity index (χ0n) is 11.2. The Morgan fingerprint density at radius 2 is 2.20 bits per heavy atom. The van der Waals surface area contributed by atoms with Gasteiger partial charge >= 0.3 is 0 Å². The van der Waals surface area contributed by atoms with E-state index in [4.69, 9.17) is 0 Å². The molecule has 0 saturated carbocycles. The molecule has 8 nitrogen and oxygen atoms in total. The zero-order valence-corrected chi connectivity index (χ0v) is 12.1. The van der Waals surface area contributed by atoms with E-state index in [1.165, 1.54) is 36.0 Å². The molecule has 0 fully saturated rings. The second-order valence-electron chi connectivity index (χ2n) is 4.10. The van der Waals surface area contributed by atoms with Gasteiger partial charge in [0.05, 0.1) is 11.4 Å². The molecule has 0 amide bonds. The van der Waals surface area contributed by atoms with Crippen LogP contribution in [0, 0.1) is 0 Å². The third-order valence-electron chi connectivity index (χ3n) is 2.63. The smallest absolute Gasteiger partial charge is 0.243 e. The highest BCUT2D eigenvalue weighted by Gasteiger charge is 2.22. The summed E-state index contributed by atoms with van der Waals surface area (Å²) in [7, 11) is -2.10. The maximum absolute atomic E-state index is 12.4. The first-order chi connectivity index (χ1) is 9.54. The van der Waals surface area contributed by atoms with Crippen molar-refractivity contribution in [3.8, 4) is 0 Å². The highest BCUT2D eigenvalue weighted by molar-refractivity contribution is 7.89. The van der Waals surface area contributed by atoms with Gasteiger partial charge in [-0.25, -0.2) is 18.4 Å². The van der Waals surface area contributed by atoms with E-state index >= 15 is 0 Å². The summed E-state index contributed by atoms with van der Waals surface area (Å²) in [5.41, 5.74) is 0. The predicted molar refractivity (Wildman–Crippen MR) is 73.4 cm³/mol. The lowest BCUT2D eigenvalue weighted by molar-refractivity contribution is 0.457. The number of sulfonamides is 1. The summed E-state index contributed by atoms with van der Waals surface area (Å²) in [4.78, 5) is 8.15. The van der Waals surface area contributed by atoms with E-state index < -0.39 is 10.0 Å². The number of hydrogen-bond acceptors (Lipinski definition) is 6. The molecule has 20 heavy (non-hydrogen) atoms. The number of H-pyrrole nitrogens is 1. The Morgan fingerprint density at radius 3 is 2.85 bits per heavy atom. The summed E-state index contributed by atoms with van der Waals surface area (Å²) < 4.78 is 26.1.